The predicted octanol–water partition coefficient (Wildman–Crippen LogP) is 3.72. The molecule has 19 heavy (non-hydrogen) atoms. The number of benzene rings is 1. The van der Waals surface area contributed by atoms with Gasteiger partial charge in [-0.05, 0) is 13.1 Å². The molecule has 1 aromatic heterocycles. The van der Waals surface area contributed by atoms with Crippen molar-refractivity contribution in [2.45, 2.75) is 18.9 Å². The van der Waals surface area contributed by atoms with Gasteiger partial charge in [0.05, 0.1) is 0 Å². The molecule has 0 aliphatic heterocycles. The maximum Gasteiger partial charge on any atom is 0.159 e. The van der Waals surface area contributed by atoms with Crippen LogP contribution in [0, 0.1) is 0 Å². The number of halogens is 1. The molecule has 0 saturated heterocycles. The van der Waals surface area contributed by atoms with E-state index in [-0.39, 0.29) is 0 Å². The van der Waals surface area contributed by atoms with Gasteiger partial charge in [0, 0.05) is 23.1 Å². The molecular formula is C14H18ClN3S. The van der Waals surface area contributed by atoms with E-state index in [1.54, 1.807) is 11.8 Å². The van der Waals surface area contributed by atoms with Crippen molar-refractivity contribution in [3.8, 4) is 0 Å². The predicted molar refractivity (Wildman–Crippen MR) is 83.1 cm³/mol. The van der Waals surface area contributed by atoms with Gasteiger partial charge in [-0.15, -0.1) is 22.0 Å². The fourth-order valence-electron chi connectivity index (χ4n) is 1.96. The monoisotopic (exact) mass is 295 g/mol. The quantitative estimate of drug-likeness (QED) is 0.760. The Balaban J connectivity index is 2.11. The first-order valence-corrected chi connectivity index (χ1v) is 7.88. The number of thioether (sulfide) groups is 1. The summed E-state index contributed by atoms with van der Waals surface area (Å²) < 4.78 is 0. The lowest BCUT2D eigenvalue weighted by Crippen LogP contribution is -2.25. The first kappa shape index (κ1) is 14.6. The third-order valence-corrected chi connectivity index (χ3v) is 4.39. The van der Waals surface area contributed by atoms with Crippen molar-refractivity contribution in [3.63, 3.8) is 0 Å². The molecule has 2 rings (SSSR count). The molecule has 0 radical (unpaired) electrons. The maximum atomic E-state index is 6.07. The molecule has 3 nitrogen and oxygen atoms in total. The summed E-state index contributed by atoms with van der Waals surface area (Å²) in [6, 6.07) is 8.02. The van der Waals surface area contributed by atoms with Crippen molar-refractivity contribution in [1.29, 1.82) is 0 Å². The highest BCUT2D eigenvalue weighted by molar-refractivity contribution is 7.99. The molecule has 5 heteroatoms. The van der Waals surface area contributed by atoms with Gasteiger partial charge in [-0.25, -0.2) is 0 Å². The second-order valence-corrected chi connectivity index (χ2v) is 5.66. The SMILES string of the molecule is CCN(CC)CCSc1nnc(Cl)c2ccccc12. The van der Waals surface area contributed by atoms with Gasteiger partial charge >= 0.3 is 0 Å². The van der Waals surface area contributed by atoms with Gasteiger partial charge in [-0.3, -0.25) is 0 Å². The third kappa shape index (κ3) is 3.59. The summed E-state index contributed by atoms with van der Waals surface area (Å²) in [4.78, 5) is 2.40. The van der Waals surface area contributed by atoms with Crippen molar-refractivity contribution in [2.24, 2.45) is 0 Å². The highest BCUT2D eigenvalue weighted by atomic mass is 35.5. The Labute approximate surface area is 123 Å². The fraction of sp³-hybridized carbons (Fsp3) is 0.429. The largest absolute Gasteiger partial charge is 0.303 e. The molecule has 0 aliphatic carbocycles. The number of fused-ring (bicyclic) bond motifs is 1. The van der Waals surface area contributed by atoms with Crippen LogP contribution in [0.25, 0.3) is 10.8 Å². The standard InChI is InChI=1S/C14H18ClN3S/c1-3-18(4-2)9-10-19-14-12-8-6-5-7-11(12)13(15)16-17-14/h5-8H,3-4,9-10H2,1-2H3. The fourth-order valence-corrected chi connectivity index (χ4v) is 3.14. The number of hydrogen-bond acceptors (Lipinski definition) is 4. The summed E-state index contributed by atoms with van der Waals surface area (Å²) >= 11 is 7.81. The van der Waals surface area contributed by atoms with Gasteiger partial charge in [0.15, 0.2) is 5.15 Å². The molecule has 0 fully saturated rings. The molecule has 0 N–H and O–H groups in total. The zero-order valence-corrected chi connectivity index (χ0v) is 12.8. The normalized spacial score (nSPS) is 11.4. The second kappa shape index (κ2) is 7.08. The molecule has 0 saturated carbocycles. The van der Waals surface area contributed by atoms with E-state index in [4.69, 9.17) is 11.6 Å². The topological polar surface area (TPSA) is 29.0 Å². The Hall–Kier alpha value is -0.840. The van der Waals surface area contributed by atoms with Crippen LogP contribution in [0.2, 0.25) is 5.15 Å². The lowest BCUT2D eigenvalue weighted by molar-refractivity contribution is 0.324. The Kier molecular flexibility index (Phi) is 5.43. The number of hydrogen-bond donors (Lipinski definition) is 0. The number of rotatable bonds is 6. The van der Waals surface area contributed by atoms with Gasteiger partial charge in [0.2, 0.25) is 0 Å². The first-order chi connectivity index (χ1) is 9.26. The van der Waals surface area contributed by atoms with Crippen molar-refractivity contribution in [2.75, 3.05) is 25.4 Å². The van der Waals surface area contributed by atoms with E-state index in [0.717, 1.165) is 41.2 Å². The van der Waals surface area contributed by atoms with Crippen molar-refractivity contribution in [3.05, 3.63) is 29.4 Å². The van der Waals surface area contributed by atoms with Crippen LogP contribution in [0.15, 0.2) is 29.3 Å². The minimum atomic E-state index is 0.476. The smallest absolute Gasteiger partial charge is 0.159 e. The molecule has 0 unspecified atom stereocenters. The molecule has 2 aromatic rings. The van der Waals surface area contributed by atoms with E-state index < -0.39 is 0 Å². The molecule has 0 spiro atoms. The van der Waals surface area contributed by atoms with Crippen LogP contribution < -0.4 is 0 Å². The molecule has 102 valence electrons. The van der Waals surface area contributed by atoms with Crippen molar-refractivity contribution < 1.29 is 0 Å². The van der Waals surface area contributed by atoms with Crippen molar-refractivity contribution in [1.82, 2.24) is 15.1 Å². The Bertz CT molecular complexity index is 543. The summed E-state index contributed by atoms with van der Waals surface area (Å²) in [7, 11) is 0. The van der Waals surface area contributed by atoms with Crippen LogP contribution in [-0.2, 0) is 0 Å². The molecule has 0 bridgehead atoms. The van der Waals surface area contributed by atoms with E-state index in [1.807, 2.05) is 18.2 Å². The summed E-state index contributed by atoms with van der Waals surface area (Å²) in [5.74, 6) is 1.02. The van der Waals surface area contributed by atoms with Gasteiger partial charge in [0.25, 0.3) is 0 Å². The van der Waals surface area contributed by atoms with Gasteiger partial charge in [-0.1, -0.05) is 49.7 Å². The van der Waals surface area contributed by atoms with Gasteiger partial charge in [0.1, 0.15) is 5.03 Å². The van der Waals surface area contributed by atoms with Crippen LogP contribution in [-0.4, -0.2) is 40.5 Å². The number of nitrogens with zero attached hydrogens (tertiary/aromatic N) is 3. The lowest BCUT2D eigenvalue weighted by atomic mass is 10.2. The lowest BCUT2D eigenvalue weighted by Gasteiger charge is -2.17. The van der Waals surface area contributed by atoms with Crippen LogP contribution in [0.3, 0.4) is 0 Å². The van der Waals surface area contributed by atoms with Crippen LogP contribution in [0.5, 0.6) is 0 Å². The highest BCUT2D eigenvalue weighted by Gasteiger charge is 2.08. The molecule has 0 atom stereocenters. The van der Waals surface area contributed by atoms with Crippen molar-refractivity contribution >= 4 is 34.1 Å². The summed E-state index contributed by atoms with van der Waals surface area (Å²) in [5, 5.41) is 11.8. The van der Waals surface area contributed by atoms with Crippen LogP contribution in [0.1, 0.15) is 13.8 Å². The molecule has 1 aromatic carbocycles. The van der Waals surface area contributed by atoms with E-state index in [0.29, 0.717) is 5.15 Å². The molecule has 0 aliphatic rings. The minimum Gasteiger partial charge on any atom is -0.303 e. The average Bonchev–Trinajstić information content (AvgIpc) is 2.46. The summed E-state index contributed by atoms with van der Waals surface area (Å²) in [6.45, 7) is 7.61. The van der Waals surface area contributed by atoms with Gasteiger partial charge < -0.3 is 4.90 Å². The van der Waals surface area contributed by atoms with E-state index in [2.05, 4.69) is 35.0 Å². The highest BCUT2D eigenvalue weighted by Crippen LogP contribution is 2.28. The molecule has 1 heterocycles. The maximum absolute atomic E-state index is 6.07. The van der Waals surface area contributed by atoms with Crippen LogP contribution >= 0.6 is 23.4 Å². The Morgan fingerprint density at radius 1 is 1.11 bits per heavy atom. The average molecular weight is 296 g/mol. The van der Waals surface area contributed by atoms with Gasteiger partial charge in [-0.2, -0.15) is 0 Å². The van der Waals surface area contributed by atoms with E-state index in [9.17, 15) is 0 Å². The Morgan fingerprint density at radius 2 is 1.79 bits per heavy atom. The third-order valence-electron chi connectivity index (χ3n) is 3.15. The second-order valence-electron chi connectivity index (χ2n) is 4.22. The van der Waals surface area contributed by atoms with E-state index >= 15 is 0 Å². The zero-order chi connectivity index (χ0) is 13.7. The van der Waals surface area contributed by atoms with Crippen LogP contribution in [0.4, 0.5) is 0 Å². The minimum absolute atomic E-state index is 0.476. The van der Waals surface area contributed by atoms with E-state index in [1.165, 1.54) is 0 Å². The zero-order valence-electron chi connectivity index (χ0n) is 11.3. The Morgan fingerprint density at radius 3 is 2.47 bits per heavy atom. The number of aromatic nitrogens is 2. The first-order valence-electron chi connectivity index (χ1n) is 6.52. The summed E-state index contributed by atoms with van der Waals surface area (Å²) in [5.41, 5.74) is 0. The molecule has 0 amide bonds. The summed E-state index contributed by atoms with van der Waals surface area (Å²) in [6.07, 6.45) is 0. The molecular weight excluding hydrogens is 278 g/mol.